The summed E-state index contributed by atoms with van der Waals surface area (Å²) in [6, 6.07) is 1.30. The van der Waals surface area contributed by atoms with Crippen LogP contribution in [0.1, 0.15) is 79.1 Å². The molecule has 0 bridgehead atoms. The lowest BCUT2D eigenvalue weighted by molar-refractivity contribution is -0.153. The largest absolute Gasteiger partial charge is 0.484 e. The maximum absolute atomic E-state index is 13.0. The van der Waals surface area contributed by atoms with E-state index < -0.39 is 24.2 Å². The van der Waals surface area contributed by atoms with Gasteiger partial charge < -0.3 is 14.6 Å². The number of ether oxygens (including phenoxy) is 1. The molecule has 1 N–H and O–H groups in total. The number of carbonyl (C=O) groups excluding carboxylic acids is 1. The first kappa shape index (κ1) is 21.6. The number of hydrogen-bond acceptors (Lipinski definition) is 6. The second kappa shape index (κ2) is 8.12. The first-order chi connectivity index (χ1) is 14.6. The van der Waals surface area contributed by atoms with Gasteiger partial charge in [0.25, 0.3) is 5.91 Å². The van der Waals surface area contributed by atoms with Crippen molar-refractivity contribution in [3.63, 3.8) is 0 Å². The Morgan fingerprint density at radius 3 is 2.58 bits per heavy atom. The van der Waals surface area contributed by atoms with Crippen LogP contribution in [0, 0.1) is 12.8 Å². The molecule has 168 valence electrons. The first-order valence-electron chi connectivity index (χ1n) is 10.5. The highest BCUT2D eigenvalue weighted by molar-refractivity contribution is 5.93. The van der Waals surface area contributed by atoms with Crippen LogP contribution in [0.2, 0.25) is 0 Å². The molecule has 10 heteroatoms. The molecule has 1 amide bonds. The van der Waals surface area contributed by atoms with Crippen LogP contribution in [0.15, 0.2) is 16.8 Å². The number of nitrogens with zero attached hydrogens (tertiary/aromatic N) is 3. The molecule has 4 rings (SSSR count). The van der Waals surface area contributed by atoms with Crippen LogP contribution in [-0.4, -0.2) is 33.8 Å². The van der Waals surface area contributed by atoms with Crippen molar-refractivity contribution >= 4 is 5.91 Å². The van der Waals surface area contributed by atoms with Crippen molar-refractivity contribution in [2.75, 3.05) is 6.61 Å². The number of carbonyl (C=O) groups is 1. The third kappa shape index (κ3) is 5.16. The number of hydrogen-bond donors (Lipinski definition) is 1. The summed E-state index contributed by atoms with van der Waals surface area (Å²) in [5, 5.41) is 6.90. The Kier molecular flexibility index (Phi) is 5.65. The van der Waals surface area contributed by atoms with Crippen LogP contribution >= 0.6 is 0 Å². The minimum Gasteiger partial charge on any atom is -0.484 e. The molecule has 2 aromatic heterocycles. The van der Waals surface area contributed by atoms with Crippen molar-refractivity contribution < 1.29 is 27.2 Å². The van der Waals surface area contributed by atoms with Crippen molar-refractivity contribution in [3.8, 4) is 5.75 Å². The van der Waals surface area contributed by atoms with Crippen molar-refractivity contribution in [1.82, 2.24) is 20.4 Å². The summed E-state index contributed by atoms with van der Waals surface area (Å²) < 4.78 is 48.3. The van der Waals surface area contributed by atoms with Gasteiger partial charge in [-0.2, -0.15) is 18.2 Å². The second-order valence-electron chi connectivity index (χ2n) is 8.71. The number of aryl methyl sites for hydroxylation is 1. The van der Waals surface area contributed by atoms with E-state index in [0.29, 0.717) is 29.6 Å². The summed E-state index contributed by atoms with van der Waals surface area (Å²) >= 11 is 0. The molecule has 2 saturated carbocycles. The standard InChI is InChI=1S/C21H25F3N4O3/c1-12-26-19(28-31-12)20(2,9-13-6-7-13)27-18(29)16-8-17(30-11-21(22,23)24)15(10-25-16)14-4-3-5-14/h8,10,13-14H,3-7,9,11H2,1-2H3,(H,27,29)/t20-/m0/s1. The lowest BCUT2D eigenvalue weighted by atomic mass is 9.80. The van der Waals surface area contributed by atoms with E-state index in [2.05, 4.69) is 20.4 Å². The van der Waals surface area contributed by atoms with E-state index in [1.165, 1.54) is 12.3 Å². The van der Waals surface area contributed by atoms with Crippen molar-refractivity contribution in [2.24, 2.45) is 5.92 Å². The van der Waals surface area contributed by atoms with Gasteiger partial charge in [0.05, 0.1) is 0 Å². The predicted octanol–water partition coefficient (Wildman–Crippen LogP) is 4.43. The average Bonchev–Trinajstić information content (AvgIpc) is 3.34. The zero-order valence-corrected chi connectivity index (χ0v) is 17.5. The number of alkyl halides is 3. The van der Waals surface area contributed by atoms with Gasteiger partial charge in [0.1, 0.15) is 17.0 Å². The van der Waals surface area contributed by atoms with Gasteiger partial charge in [0.2, 0.25) is 5.89 Å². The van der Waals surface area contributed by atoms with Crippen molar-refractivity contribution in [3.05, 3.63) is 35.2 Å². The zero-order valence-electron chi connectivity index (χ0n) is 17.5. The monoisotopic (exact) mass is 438 g/mol. The lowest BCUT2D eigenvalue weighted by Crippen LogP contribution is -2.45. The highest BCUT2D eigenvalue weighted by atomic mass is 19.4. The molecule has 31 heavy (non-hydrogen) atoms. The molecule has 0 unspecified atom stereocenters. The fourth-order valence-electron chi connectivity index (χ4n) is 3.82. The van der Waals surface area contributed by atoms with Gasteiger partial charge in [-0.1, -0.05) is 24.4 Å². The Labute approximate surface area is 177 Å². The zero-order chi connectivity index (χ0) is 22.2. The molecule has 1 atom stereocenters. The van der Waals surface area contributed by atoms with Crippen LogP contribution in [0.3, 0.4) is 0 Å². The smallest absolute Gasteiger partial charge is 0.422 e. The summed E-state index contributed by atoms with van der Waals surface area (Å²) in [5.74, 6) is 0.838. The molecule has 0 saturated heterocycles. The normalized spacial score (nSPS) is 18.9. The fraction of sp³-hybridized carbons (Fsp3) is 0.619. The summed E-state index contributed by atoms with van der Waals surface area (Å²) in [6.45, 7) is 2.07. The van der Waals surface area contributed by atoms with E-state index in [9.17, 15) is 18.0 Å². The molecule has 0 radical (unpaired) electrons. The summed E-state index contributed by atoms with van der Waals surface area (Å²) in [6.07, 6.45) is 2.49. The number of aromatic nitrogens is 3. The molecule has 7 nitrogen and oxygen atoms in total. The highest BCUT2D eigenvalue weighted by Gasteiger charge is 2.40. The number of pyridine rings is 1. The maximum Gasteiger partial charge on any atom is 0.422 e. The molecule has 2 aliphatic rings. The Morgan fingerprint density at radius 1 is 1.29 bits per heavy atom. The minimum absolute atomic E-state index is 0.0116. The van der Waals surface area contributed by atoms with Crippen LogP contribution in [0.4, 0.5) is 13.2 Å². The van der Waals surface area contributed by atoms with Crippen molar-refractivity contribution in [2.45, 2.75) is 70.0 Å². The molecule has 2 aliphatic carbocycles. The van der Waals surface area contributed by atoms with E-state index in [4.69, 9.17) is 9.26 Å². The molecule has 2 heterocycles. The van der Waals surface area contributed by atoms with E-state index in [1.54, 1.807) is 6.92 Å². The molecular formula is C21H25F3N4O3. The van der Waals surface area contributed by atoms with Gasteiger partial charge in [-0.25, -0.2) is 0 Å². The summed E-state index contributed by atoms with van der Waals surface area (Å²) in [4.78, 5) is 21.5. The summed E-state index contributed by atoms with van der Waals surface area (Å²) in [5.41, 5.74) is -0.277. The van der Waals surface area contributed by atoms with Gasteiger partial charge in [0.15, 0.2) is 12.4 Å². The minimum atomic E-state index is -4.47. The van der Waals surface area contributed by atoms with Gasteiger partial charge in [-0.05, 0) is 38.0 Å². The second-order valence-corrected chi connectivity index (χ2v) is 8.71. The van der Waals surface area contributed by atoms with E-state index in [1.807, 2.05) is 6.92 Å². The van der Waals surface area contributed by atoms with E-state index in [-0.39, 0.29) is 17.4 Å². The van der Waals surface area contributed by atoms with Crippen LogP contribution in [0.25, 0.3) is 0 Å². The Morgan fingerprint density at radius 2 is 2.03 bits per heavy atom. The van der Waals surface area contributed by atoms with Gasteiger partial charge in [-0.15, -0.1) is 0 Å². The Bertz CT molecular complexity index is 954. The number of amides is 1. The molecule has 2 fully saturated rings. The van der Waals surface area contributed by atoms with Crippen LogP contribution in [-0.2, 0) is 5.54 Å². The topological polar surface area (TPSA) is 90.1 Å². The molecule has 0 spiro atoms. The van der Waals surface area contributed by atoms with E-state index >= 15 is 0 Å². The predicted molar refractivity (Wildman–Crippen MR) is 104 cm³/mol. The third-order valence-electron chi connectivity index (χ3n) is 5.87. The number of rotatable bonds is 8. The van der Waals surface area contributed by atoms with Gasteiger partial charge in [0, 0.05) is 24.8 Å². The third-order valence-corrected chi connectivity index (χ3v) is 5.87. The quantitative estimate of drug-likeness (QED) is 0.656. The first-order valence-corrected chi connectivity index (χ1v) is 10.5. The maximum atomic E-state index is 13.0. The van der Waals surface area contributed by atoms with E-state index in [0.717, 1.165) is 32.1 Å². The van der Waals surface area contributed by atoms with Crippen LogP contribution in [0.5, 0.6) is 5.75 Å². The number of halogens is 3. The SMILES string of the molecule is Cc1nc([C@](C)(CC2CC2)NC(=O)c2cc(OCC(F)(F)F)c(C3CCC3)cn2)no1. The average molecular weight is 438 g/mol. The van der Waals surface area contributed by atoms with Gasteiger partial charge in [-0.3, -0.25) is 9.78 Å². The highest BCUT2D eigenvalue weighted by Crippen LogP contribution is 2.42. The molecular weight excluding hydrogens is 413 g/mol. The molecule has 2 aromatic rings. The summed E-state index contributed by atoms with van der Waals surface area (Å²) in [7, 11) is 0. The van der Waals surface area contributed by atoms with Gasteiger partial charge >= 0.3 is 6.18 Å². The van der Waals surface area contributed by atoms with Crippen molar-refractivity contribution in [1.29, 1.82) is 0 Å². The lowest BCUT2D eigenvalue weighted by Gasteiger charge is -2.29. The molecule has 0 aromatic carbocycles. The molecule has 0 aliphatic heterocycles. The fourth-order valence-corrected chi connectivity index (χ4v) is 3.82. The Hall–Kier alpha value is -2.65. The van der Waals surface area contributed by atoms with Crippen LogP contribution < -0.4 is 10.1 Å². The Balaban J connectivity index is 1.57. The number of nitrogens with one attached hydrogen (secondary N) is 1.